The maximum atomic E-state index is 14.7. The van der Waals surface area contributed by atoms with Gasteiger partial charge in [-0.25, -0.2) is 12.8 Å². The summed E-state index contributed by atoms with van der Waals surface area (Å²) in [6.45, 7) is 1.66. The summed E-state index contributed by atoms with van der Waals surface area (Å²) < 4.78 is 48.7. The van der Waals surface area contributed by atoms with E-state index in [4.69, 9.17) is 16.3 Å². The molecular formula is C38H41ClFN3O5S. The van der Waals surface area contributed by atoms with Gasteiger partial charge in [-0.05, 0) is 91.6 Å². The first-order chi connectivity index (χ1) is 23.6. The molecule has 2 amide bonds. The molecule has 0 unspecified atom stereocenters. The monoisotopic (exact) mass is 705 g/mol. The molecule has 0 radical (unpaired) electrons. The minimum atomic E-state index is -4.37. The number of nitrogens with zero attached hydrogens (tertiary/aromatic N) is 2. The first-order valence-corrected chi connectivity index (χ1v) is 18.3. The first-order valence-electron chi connectivity index (χ1n) is 16.5. The predicted molar refractivity (Wildman–Crippen MR) is 189 cm³/mol. The molecule has 0 bridgehead atoms. The Hall–Kier alpha value is -4.41. The molecule has 49 heavy (non-hydrogen) atoms. The van der Waals surface area contributed by atoms with Gasteiger partial charge in [0.15, 0.2) is 0 Å². The lowest BCUT2D eigenvalue weighted by Gasteiger charge is -2.35. The first kappa shape index (κ1) is 35.9. The van der Waals surface area contributed by atoms with Crippen molar-refractivity contribution in [1.82, 2.24) is 10.2 Å². The zero-order valence-corrected chi connectivity index (χ0v) is 29.0. The van der Waals surface area contributed by atoms with Gasteiger partial charge in [0.25, 0.3) is 10.0 Å². The molecule has 1 saturated carbocycles. The van der Waals surface area contributed by atoms with Crippen LogP contribution in [0.4, 0.5) is 10.1 Å². The van der Waals surface area contributed by atoms with Crippen LogP contribution in [0.2, 0.25) is 5.02 Å². The van der Waals surface area contributed by atoms with Gasteiger partial charge in [0.1, 0.15) is 24.2 Å². The zero-order chi connectivity index (χ0) is 34.8. The van der Waals surface area contributed by atoms with Gasteiger partial charge in [0, 0.05) is 24.0 Å². The smallest absolute Gasteiger partial charge is 0.264 e. The highest BCUT2D eigenvalue weighted by atomic mass is 35.5. The van der Waals surface area contributed by atoms with Gasteiger partial charge >= 0.3 is 0 Å². The summed E-state index contributed by atoms with van der Waals surface area (Å²) in [6, 6.07) is 26.2. The number of hydrogen-bond acceptors (Lipinski definition) is 5. The van der Waals surface area contributed by atoms with Crippen LogP contribution in [-0.4, -0.2) is 50.4 Å². The van der Waals surface area contributed by atoms with E-state index in [-0.39, 0.29) is 35.5 Å². The average Bonchev–Trinajstić information content (AvgIpc) is 3.11. The number of carbonyl (C=O) groups is 2. The topological polar surface area (TPSA) is 96.0 Å². The van der Waals surface area contributed by atoms with E-state index in [1.807, 2.05) is 37.3 Å². The van der Waals surface area contributed by atoms with Crippen molar-refractivity contribution >= 4 is 39.1 Å². The van der Waals surface area contributed by atoms with Gasteiger partial charge < -0.3 is 15.0 Å². The second-order valence-corrected chi connectivity index (χ2v) is 14.4. The number of rotatable bonds is 14. The van der Waals surface area contributed by atoms with E-state index in [0.717, 1.165) is 71.8 Å². The molecule has 0 aromatic heterocycles. The van der Waals surface area contributed by atoms with E-state index in [9.17, 15) is 22.4 Å². The minimum Gasteiger partial charge on any atom is -0.494 e. The summed E-state index contributed by atoms with van der Waals surface area (Å²) in [7, 11) is -4.37. The molecule has 1 atom stereocenters. The van der Waals surface area contributed by atoms with Crippen molar-refractivity contribution in [2.75, 3.05) is 17.5 Å². The Bertz CT molecular complexity index is 1780. The molecule has 0 saturated heterocycles. The van der Waals surface area contributed by atoms with Crippen molar-refractivity contribution in [2.45, 2.75) is 69.0 Å². The summed E-state index contributed by atoms with van der Waals surface area (Å²) >= 11 is 6.17. The molecule has 0 aliphatic heterocycles. The largest absolute Gasteiger partial charge is 0.494 e. The lowest BCUT2D eigenvalue weighted by atomic mass is 9.94. The van der Waals surface area contributed by atoms with Crippen molar-refractivity contribution in [3.63, 3.8) is 0 Å². The molecular weight excluding hydrogens is 665 g/mol. The Kier molecular flexibility index (Phi) is 12.3. The third-order valence-corrected chi connectivity index (χ3v) is 10.6. The van der Waals surface area contributed by atoms with E-state index in [0.29, 0.717) is 17.4 Å². The molecule has 1 aliphatic carbocycles. The summed E-state index contributed by atoms with van der Waals surface area (Å²) in [5, 5.41) is 3.72. The highest BCUT2D eigenvalue weighted by molar-refractivity contribution is 7.92. The Labute approximate surface area is 292 Å². The van der Waals surface area contributed by atoms with Crippen molar-refractivity contribution in [1.29, 1.82) is 0 Å². The van der Waals surface area contributed by atoms with Crippen LogP contribution in [0.3, 0.4) is 0 Å². The average molecular weight is 706 g/mol. The van der Waals surface area contributed by atoms with E-state index in [2.05, 4.69) is 5.32 Å². The number of sulfonamides is 1. The summed E-state index contributed by atoms with van der Waals surface area (Å²) in [5.74, 6) is -0.950. The molecule has 1 N–H and O–H groups in total. The quantitative estimate of drug-likeness (QED) is 0.150. The van der Waals surface area contributed by atoms with Crippen molar-refractivity contribution in [3.8, 4) is 5.75 Å². The van der Waals surface area contributed by atoms with Crippen LogP contribution in [0.15, 0.2) is 108 Å². The SMILES string of the molecule is CCOc1ccc(N(CC(=O)N(Cc2ccc(Cl)cc2)[C@H](Cc2ccccc2)C(=O)NC2CCCCC2)S(=O)(=O)c2ccc(F)cc2)cc1. The number of anilines is 1. The standard InChI is InChI=1S/C38H41ClFN3O5S/c1-2-48-34-21-19-33(20-22-34)43(49(46,47)35-23-17-31(40)18-24-35)27-37(44)42(26-29-13-15-30(39)16-14-29)36(25-28-9-5-3-6-10-28)38(45)41-32-11-7-4-8-12-32/h3,5-6,9-10,13-24,32,36H,2,4,7-8,11-12,25-27H2,1H3,(H,41,45)/t36-/m1/s1. The number of hydrogen-bond donors (Lipinski definition) is 1. The van der Waals surface area contributed by atoms with Crippen LogP contribution in [0.25, 0.3) is 0 Å². The van der Waals surface area contributed by atoms with E-state index < -0.39 is 34.3 Å². The van der Waals surface area contributed by atoms with Crippen molar-refractivity contribution < 1.29 is 27.1 Å². The fourth-order valence-electron chi connectivity index (χ4n) is 6.02. The fraction of sp³-hybridized carbons (Fsp3) is 0.316. The van der Waals surface area contributed by atoms with E-state index in [1.54, 1.807) is 48.5 Å². The molecule has 11 heteroatoms. The molecule has 5 rings (SSSR count). The second kappa shape index (κ2) is 16.8. The second-order valence-electron chi connectivity index (χ2n) is 12.1. The number of amides is 2. The number of nitrogens with one attached hydrogen (secondary N) is 1. The van der Waals surface area contributed by atoms with Crippen LogP contribution >= 0.6 is 11.6 Å². The number of ether oxygens (including phenoxy) is 1. The number of carbonyl (C=O) groups excluding carboxylic acids is 2. The van der Waals surface area contributed by atoms with Gasteiger partial charge in [0.05, 0.1) is 17.2 Å². The molecule has 8 nitrogen and oxygen atoms in total. The maximum Gasteiger partial charge on any atom is 0.264 e. The van der Waals surface area contributed by atoms with Gasteiger partial charge in [-0.2, -0.15) is 0 Å². The maximum absolute atomic E-state index is 14.7. The minimum absolute atomic E-state index is 0.00814. The molecule has 0 heterocycles. The third kappa shape index (κ3) is 9.61. The van der Waals surface area contributed by atoms with Crippen LogP contribution < -0.4 is 14.4 Å². The number of benzene rings is 4. The van der Waals surface area contributed by atoms with E-state index >= 15 is 0 Å². The normalized spacial score (nSPS) is 14.1. The van der Waals surface area contributed by atoms with Gasteiger partial charge in [-0.1, -0.05) is 73.3 Å². The van der Waals surface area contributed by atoms with Gasteiger partial charge in [-0.3, -0.25) is 13.9 Å². The van der Waals surface area contributed by atoms with E-state index in [1.165, 1.54) is 4.90 Å². The summed E-state index contributed by atoms with van der Waals surface area (Å²) in [4.78, 5) is 30.1. The van der Waals surface area contributed by atoms with Crippen LogP contribution in [-0.2, 0) is 32.6 Å². The van der Waals surface area contributed by atoms with Crippen LogP contribution in [0.5, 0.6) is 5.75 Å². The highest BCUT2D eigenvalue weighted by Gasteiger charge is 2.35. The van der Waals surface area contributed by atoms with Gasteiger partial charge in [0.2, 0.25) is 11.8 Å². The van der Waals surface area contributed by atoms with Gasteiger partial charge in [-0.15, -0.1) is 0 Å². The lowest BCUT2D eigenvalue weighted by Crippen LogP contribution is -2.55. The Morgan fingerprint density at radius 2 is 1.53 bits per heavy atom. The molecule has 258 valence electrons. The molecule has 1 aliphatic rings. The van der Waals surface area contributed by atoms with Crippen LogP contribution in [0.1, 0.15) is 50.2 Å². The fourth-order valence-corrected chi connectivity index (χ4v) is 7.56. The lowest BCUT2D eigenvalue weighted by molar-refractivity contribution is -0.140. The number of halogens is 2. The van der Waals surface area contributed by atoms with Crippen LogP contribution in [0, 0.1) is 5.82 Å². The van der Waals surface area contributed by atoms with Crippen molar-refractivity contribution in [3.05, 3.63) is 125 Å². The Morgan fingerprint density at radius 3 is 2.16 bits per heavy atom. The summed E-state index contributed by atoms with van der Waals surface area (Å²) in [6.07, 6.45) is 5.07. The molecule has 1 fully saturated rings. The molecule has 4 aromatic carbocycles. The zero-order valence-electron chi connectivity index (χ0n) is 27.4. The third-order valence-electron chi connectivity index (χ3n) is 8.61. The summed E-state index contributed by atoms with van der Waals surface area (Å²) in [5.41, 5.74) is 1.77. The highest BCUT2D eigenvalue weighted by Crippen LogP contribution is 2.28. The van der Waals surface area contributed by atoms with Crippen molar-refractivity contribution in [2.24, 2.45) is 0 Å². The molecule has 0 spiro atoms. The molecule has 4 aromatic rings. The Balaban J connectivity index is 1.56. The predicted octanol–water partition coefficient (Wildman–Crippen LogP) is 7.16. The Morgan fingerprint density at radius 1 is 0.878 bits per heavy atom.